The zero-order valence-electron chi connectivity index (χ0n) is 23.6. The van der Waals surface area contributed by atoms with Crippen molar-refractivity contribution in [2.24, 2.45) is 0 Å². The van der Waals surface area contributed by atoms with Gasteiger partial charge >= 0.3 is 0 Å². The molecule has 0 aliphatic carbocycles. The van der Waals surface area contributed by atoms with Gasteiger partial charge < -0.3 is 10.4 Å². The number of nitrogens with one attached hydrogen (secondary N) is 1. The molecule has 1 amide bonds. The first-order chi connectivity index (χ1) is 17.9. The molecule has 0 aromatic rings. The Balaban J connectivity index is 3.51. The number of aliphatic hydroxyl groups is 1. The number of carbonyl (C=O) groups excluding carboxylic acids is 3. The van der Waals surface area contributed by atoms with Crippen molar-refractivity contribution in [1.29, 1.82) is 0 Å². The van der Waals surface area contributed by atoms with Crippen molar-refractivity contribution in [2.75, 3.05) is 4.43 Å². The van der Waals surface area contributed by atoms with Gasteiger partial charge in [0, 0.05) is 12.8 Å². The molecule has 0 aromatic heterocycles. The molecular weight excluding hydrogens is 577 g/mol. The first kappa shape index (κ1) is 35.9. The Morgan fingerprint density at radius 1 is 0.757 bits per heavy atom. The smallest absolute Gasteiger partial charge is 0.220 e. The second-order valence-electron chi connectivity index (χ2n) is 10.5. The zero-order chi connectivity index (χ0) is 27.6. The van der Waals surface area contributed by atoms with Gasteiger partial charge in [0.2, 0.25) is 5.91 Å². The molecule has 0 rings (SSSR count). The largest absolute Gasteiger partial charge is 0.500 e. The second-order valence-corrected chi connectivity index (χ2v) is 11.2. The lowest BCUT2D eigenvalue weighted by molar-refractivity contribution is -0.122. The zero-order valence-corrected chi connectivity index (χ0v) is 25.8. The van der Waals surface area contributed by atoms with Crippen LogP contribution in [0.2, 0.25) is 0 Å². The average Bonchev–Trinajstić information content (AvgIpc) is 2.89. The maximum atomic E-state index is 12.1. The molecule has 5 nitrogen and oxygen atoms in total. The molecule has 0 saturated carbocycles. The normalized spacial score (nSPS) is 11.6. The van der Waals surface area contributed by atoms with Crippen LogP contribution in [0.1, 0.15) is 148 Å². The molecule has 0 bridgehead atoms. The lowest BCUT2D eigenvalue weighted by Crippen LogP contribution is -2.37. The molecule has 0 fully saturated rings. The number of Topliss-reactive ketones (excluding diaryl/α,β-unsaturated/α-hetero) is 1. The third-order valence-electron chi connectivity index (χ3n) is 6.92. The molecule has 0 saturated heterocycles. The summed E-state index contributed by atoms with van der Waals surface area (Å²) in [6.07, 6.45) is 24.9. The molecule has 0 aliphatic rings. The van der Waals surface area contributed by atoms with Crippen LogP contribution in [-0.2, 0) is 14.4 Å². The van der Waals surface area contributed by atoms with Gasteiger partial charge in [0.25, 0.3) is 0 Å². The predicted octanol–water partition coefficient (Wildman–Crippen LogP) is 8.91. The molecule has 0 radical (unpaired) electrons. The molecule has 214 valence electrons. The Bertz CT molecular complexity index is 658. The number of halogens is 1. The van der Waals surface area contributed by atoms with E-state index in [1.807, 2.05) is 22.6 Å². The third kappa shape index (κ3) is 23.7. The van der Waals surface area contributed by atoms with Crippen LogP contribution in [-0.4, -0.2) is 33.2 Å². The molecule has 6 heteroatoms. The molecule has 0 spiro atoms. The van der Waals surface area contributed by atoms with E-state index in [0.717, 1.165) is 19.3 Å². The number of hydrogen-bond donors (Lipinski definition) is 2. The van der Waals surface area contributed by atoms with E-state index in [4.69, 9.17) is 0 Å². The number of allylic oxidation sites excluding steroid dienone is 1. The van der Waals surface area contributed by atoms with Crippen molar-refractivity contribution >= 4 is 40.2 Å². The summed E-state index contributed by atoms with van der Waals surface area (Å²) >= 11 is 1.98. The SMILES string of the molecule is C=C(CCC)CCCCCCCCCCCCCCCCCCC(=O)NC(CCC(=O)CI)C(O)=C=O. The highest BCUT2D eigenvalue weighted by molar-refractivity contribution is 14.1. The highest BCUT2D eigenvalue weighted by Crippen LogP contribution is 2.16. The summed E-state index contributed by atoms with van der Waals surface area (Å²) in [5.74, 6) is 0.735. The Kier molecular flexibility index (Phi) is 25.7. The van der Waals surface area contributed by atoms with Gasteiger partial charge in [0.05, 0.1) is 10.5 Å². The van der Waals surface area contributed by atoms with Crippen LogP contribution in [0.25, 0.3) is 0 Å². The van der Waals surface area contributed by atoms with E-state index >= 15 is 0 Å². The minimum absolute atomic E-state index is 0.0280. The minimum atomic E-state index is -0.816. The number of hydrogen-bond acceptors (Lipinski definition) is 4. The number of carbonyl (C=O) groups is 2. The van der Waals surface area contributed by atoms with Crippen LogP contribution in [0, 0.1) is 0 Å². The van der Waals surface area contributed by atoms with Crippen LogP contribution in [0.5, 0.6) is 0 Å². The molecule has 0 aliphatic heterocycles. The molecule has 37 heavy (non-hydrogen) atoms. The molecule has 2 N–H and O–H groups in total. The molecule has 1 unspecified atom stereocenters. The van der Waals surface area contributed by atoms with E-state index in [1.165, 1.54) is 114 Å². The monoisotopic (exact) mass is 631 g/mol. The van der Waals surface area contributed by atoms with Crippen LogP contribution >= 0.6 is 22.6 Å². The van der Waals surface area contributed by atoms with Crippen LogP contribution in [0.4, 0.5) is 0 Å². The lowest BCUT2D eigenvalue weighted by atomic mass is 10.0. The van der Waals surface area contributed by atoms with Crippen molar-refractivity contribution in [1.82, 2.24) is 5.32 Å². The Morgan fingerprint density at radius 2 is 1.19 bits per heavy atom. The van der Waals surface area contributed by atoms with Gasteiger partial charge in [0.1, 0.15) is 5.78 Å². The Morgan fingerprint density at radius 3 is 1.59 bits per heavy atom. The van der Waals surface area contributed by atoms with Gasteiger partial charge in [-0.3, -0.25) is 9.59 Å². The summed E-state index contributed by atoms with van der Waals surface area (Å²) in [6, 6.07) is -0.816. The minimum Gasteiger partial charge on any atom is -0.500 e. The fourth-order valence-corrected chi connectivity index (χ4v) is 4.98. The standard InChI is InChI=1S/C31H54INO4/c1-3-20-27(2)21-18-16-14-12-10-8-6-4-5-7-9-11-13-15-17-19-22-31(37)33-29(30(36)26-34)24-23-28(35)25-32/h29,36H,2-25H2,1H3,(H,33,37). The summed E-state index contributed by atoms with van der Waals surface area (Å²) in [4.78, 5) is 34.4. The van der Waals surface area contributed by atoms with Gasteiger partial charge in [0.15, 0.2) is 11.7 Å². The summed E-state index contributed by atoms with van der Waals surface area (Å²) < 4.78 is 0.376. The number of rotatable bonds is 27. The highest BCUT2D eigenvalue weighted by Gasteiger charge is 2.18. The quantitative estimate of drug-likeness (QED) is 0.0237. The van der Waals surface area contributed by atoms with Crippen molar-refractivity contribution in [2.45, 2.75) is 154 Å². The summed E-state index contributed by atoms with van der Waals surface area (Å²) in [7, 11) is 0. The van der Waals surface area contributed by atoms with Crippen LogP contribution < -0.4 is 5.32 Å². The average molecular weight is 632 g/mol. The van der Waals surface area contributed by atoms with Crippen molar-refractivity contribution < 1.29 is 19.5 Å². The fraction of sp³-hybridized carbons (Fsp3) is 0.806. The number of aliphatic hydroxyl groups excluding tert-OH is 1. The molecular formula is C31H54INO4. The summed E-state index contributed by atoms with van der Waals surface area (Å²) in [5.41, 5.74) is 1.43. The van der Waals surface area contributed by atoms with E-state index < -0.39 is 11.8 Å². The molecule has 1 atom stereocenters. The van der Waals surface area contributed by atoms with Gasteiger partial charge in [-0.05, 0) is 32.1 Å². The number of amides is 1. The van der Waals surface area contributed by atoms with Crippen molar-refractivity contribution in [3.8, 4) is 0 Å². The molecule has 0 aromatic carbocycles. The van der Waals surface area contributed by atoms with E-state index in [0.29, 0.717) is 10.8 Å². The van der Waals surface area contributed by atoms with E-state index in [1.54, 1.807) is 0 Å². The third-order valence-corrected chi connectivity index (χ3v) is 7.77. The maximum absolute atomic E-state index is 12.1. The van der Waals surface area contributed by atoms with Gasteiger partial charge in [-0.2, -0.15) is 0 Å². The van der Waals surface area contributed by atoms with Gasteiger partial charge in [-0.15, -0.1) is 0 Å². The van der Waals surface area contributed by atoms with Gasteiger partial charge in [-0.25, -0.2) is 4.79 Å². The summed E-state index contributed by atoms with van der Waals surface area (Å²) in [6.45, 7) is 6.38. The highest BCUT2D eigenvalue weighted by atomic mass is 127. The van der Waals surface area contributed by atoms with E-state index in [9.17, 15) is 19.5 Å². The second kappa shape index (κ2) is 26.5. The molecule has 0 heterocycles. The van der Waals surface area contributed by atoms with Gasteiger partial charge in [-0.1, -0.05) is 138 Å². The summed E-state index contributed by atoms with van der Waals surface area (Å²) in [5, 5.41) is 12.3. The first-order valence-corrected chi connectivity index (χ1v) is 16.4. The maximum Gasteiger partial charge on any atom is 0.220 e. The van der Waals surface area contributed by atoms with Crippen LogP contribution in [0.3, 0.4) is 0 Å². The topological polar surface area (TPSA) is 83.5 Å². The van der Waals surface area contributed by atoms with E-state index in [-0.39, 0.29) is 24.5 Å². The number of ketones is 1. The van der Waals surface area contributed by atoms with E-state index in [2.05, 4.69) is 18.8 Å². The Hall–Kier alpha value is -1.14. The van der Waals surface area contributed by atoms with Crippen molar-refractivity contribution in [3.63, 3.8) is 0 Å². The Labute approximate surface area is 240 Å². The van der Waals surface area contributed by atoms with Crippen LogP contribution in [0.15, 0.2) is 17.9 Å². The fourth-order valence-electron chi connectivity index (χ4n) is 4.60. The number of unbranched alkanes of at least 4 members (excludes halogenated alkanes) is 15. The predicted molar refractivity (Wildman–Crippen MR) is 164 cm³/mol. The lowest BCUT2D eigenvalue weighted by Gasteiger charge is -2.15. The van der Waals surface area contributed by atoms with Crippen molar-refractivity contribution in [3.05, 3.63) is 17.9 Å². The first-order valence-electron chi connectivity index (χ1n) is 14.9. The number of alkyl halides is 1.